The molecule has 0 radical (unpaired) electrons. The highest BCUT2D eigenvalue weighted by Gasteiger charge is 2.38. The number of thioether (sulfide) groups is 1. The summed E-state index contributed by atoms with van der Waals surface area (Å²) in [5.74, 6) is 2.20. The fourth-order valence-corrected chi connectivity index (χ4v) is 4.40. The maximum Gasteiger partial charge on any atom is 0.227 e. The molecule has 0 spiro atoms. The highest BCUT2D eigenvalue weighted by atomic mass is 32.2. The molecular weight excluding hydrogens is 324 g/mol. The maximum absolute atomic E-state index is 12.4. The first kappa shape index (κ1) is 17.4. The van der Waals surface area contributed by atoms with Crippen molar-refractivity contribution in [3.8, 4) is 11.5 Å². The standard InChI is InChI=1S/C18H26N2O3S/c1-19-14-6-5-12(18(19)21)9-20(11-14)10-13-7-16(23-3)17(24-4)8-15(13)22-2/h7-8,12,14H,5-6,9-11H2,1-4H3/t12-,14+/m0/s1. The molecule has 0 aromatic heterocycles. The number of likely N-dealkylation sites (N-methyl/N-ethyl adjacent to an activating group) is 1. The summed E-state index contributed by atoms with van der Waals surface area (Å²) >= 11 is 1.65. The van der Waals surface area contributed by atoms with Crippen molar-refractivity contribution in [3.05, 3.63) is 17.7 Å². The first-order valence-electron chi connectivity index (χ1n) is 8.35. The monoisotopic (exact) mass is 350 g/mol. The van der Waals surface area contributed by atoms with Crippen molar-refractivity contribution in [3.63, 3.8) is 0 Å². The molecule has 2 bridgehead atoms. The molecular formula is C18H26N2O3S. The van der Waals surface area contributed by atoms with Crippen LogP contribution in [0.25, 0.3) is 0 Å². The number of carbonyl (C=O) groups is 1. The maximum atomic E-state index is 12.4. The smallest absolute Gasteiger partial charge is 0.227 e. The minimum Gasteiger partial charge on any atom is -0.496 e. The number of nitrogens with zero attached hydrogens (tertiary/aromatic N) is 2. The van der Waals surface area contributed by atoms with E-state index in [-0.39, 0.29) is 5.92 Å². The molecule has 24 heavy (non-hydrogen) atoms. The fraction of sp³-hybridized carbons (Fsp3) is 0.611. The van der Waals surface area contributed by atoms with Crippen LogP contribution < -0.4 is 9.47 Å². The summed E-state index contributed by atoms with van der Waals surface area (Å²) in [6.45, 7) is 2.53. The minimum atomic E-state index is 0.132. The van der Waals surface area contributed by atoms with E-state index in [1.165, 1.54) is 0 Å². The molecule has 0 aliphatic carbocycles. The zero-order chi connectivity index (χ0) is 17.3. The molecule has 3 aliphatic rings. The van der Waals surface area contributed by atoms with Gasteiger partial charge in [-0.15, -0.1) is 11.8 Å². The van der Waals surface area contributed by atoms with Gasteiger partial charge in [0.05, 0.1) is 25.0 Å². The molecule has 1 aromatic carbocycles. The van der Waals surface area contributed by atoms with Gasteiger partial charge in [0.1, 0.15) is 11.5 Å². The van der Waals surface area contributed by atoms with Gasteiger partial charge in [0.25, 0.3) is 0 Å². The van der Waals surface area contributed by atoms with E-state index in [0.717, 1.165) is 54.4 Å². The van der Waals surface area contributed by atoms with Gasteiger partial charge >= 0.3 is 0 Å². The van der Waals surface area contributed by atoms with Crippen molar-refractivity contribution in [2.24, 2.45) is 5.92 Å². The molecule has 3 heterocycles. The highest BCUT2D eigenvalue weighted by molar-refractivity contribution is 7.98. The molecule has 1 amide bonds. The third-order valence-electron chi connectivity index (χ3n) is 5.22. The number of carbonyl (C=O) groups excluding carboxylic acids is 1. The third kappa shape index (κ3) is 3.22. The summed E-state index contributed by atoms with van der Waals surface area (Å²) in [6, 6.07) is 4.44. The van der Waals surface area contributed by atoms with Crippen LogP contribution in [0.2, 0.25) is 0 Å². The van der Waals surface area contributed by atoms with Gasteiger partial charge in [-0.1, -0.05) is 0 Å². The van der Waals surface area contributed by atoms with E-state index < -0.39 is 0 Å². The Kier molecular flexibility index (Phi) is 5.25. The van der Waals surface area contributed by atoms with E-state index >= 15 is 0 Å². The number of fused-ring (bicyclic) bond motifs is 4. The molecule has 0 saturated carbocycles. The lowest BCUT2D eigenvalue weighted by molar-refractivity contribution is -0.138. The van der Waals surface area contributed by atoms with Crippen molar-refractivity contribution >= 4 is 17.7 Å². The molecule has 1 aromatic rings. The molecule has 2 atom stereocenters. The largest absolute Gasteiger partial charge is 0.496 e. The van der Waals surface area contributed by atoms with Gasteiger partial charge in [0.15, 0.2) is 0 Å². The van der Waals surface area contributed by atoms with E-state index in [9.17, 15) is 4.79 Å². The van der Waals surface area contributed by atoms with Gasteiger partial charge < -0.3 is 14.4 Å². The van der Waals surface area contributed by atoms with Crippen molar-refractivity contribution in [1.29, 1.82) is 0 Å². The predicted octanol–water partition coefficient (Wildman–Crippen LogP) is 2.48. The molecule has 4 rings (SSSR count). The van der Waals surface area contributed by atoms with Crippen LogP contribution in [0, 0.1) is 5.92 Å². The van der Waals surface area contributed by atoms with Gasteiger partial charge in [0.2, 0.25) is 5.91 Å². The Morgan fingerprint density at radius 1 is 1.17 bits per heavy atom. The summed E-state index contributed by atoms with van der Waals surface area (Å²) in [6.07, 6.45) is 4.15. The van der Waals surface area contributed by atoms with Crippen LogP contribution in [0.1, 0.15) is 18.4 Å². The van der Waals surface area contributed by atoms with Gasteiger partial charge in [-0.25, -0.2) is 0 Å². The molecule has 3 fully saturated rings. The molecule has 5 nitrogen and oxygen atoms in total. The summed E-state index contributed by atoms with van der Waals surface area (Å²) < 4.78 is 11.1. The Morgan fingerprint density at radius 3 is 2.58 bits per heavy atom. The first-order chi connectivity index (χ1) is 11.6. The van der Waals surface area contributed by atoms with E-state index in [0.29, 0.717) is 11.9 Å². The predicted molar refractivity (Wildman–Crippen MR) is 95.9 cm³/mol. The van der Waals surface area contributed by atoms with Crippen LogP contribution in [-0.4, -0.2) is 62.4 Å². The van der Waals surface area contributed by atoms with Crippen LogP contribution in [-0.2, 0) is 11.3 Å². The van der Waals surface area contributed by atoms with Crippen molar-refractivity contribution in [2.45, 2.75) is 30.3 Å². The second-order valence-corrected chi connectivity index (χ2v) is 7.44. The number of hydrogen-bond acceptors (Lipinski definition) is 5. The Labute approximate surface area is 148 Å². The zero-order valence-corrected chi connectivity index (χ0v) is 15.7. The van der Waals surface area contributed by atoms with E-state index in [2.05, 4.69) is 11.0 Å². The van der Waals surface area contributed by atoms with Gasteiger partial charge in [0, 0.05) is 38.3 Å². The van der Waals surface area contributed by atoms with Gasteiger partial charge in [-0.3, -0.25) is 9.69 Å². The van der Waals surface area contributed by atoms with Crippen molar-refractivity contribution in [2.75, 3.05) is 40.6 Å². The number of piperidine rings is 1. The Bertz CT molecular complexity index is 623. The summed E-state index contributed by atoms with van der Waals surface area (Å²) in [7, 11) is 5.35. The zero-order valence-electron chi connectivity index (χ0n) is 14.9. The average molecular weight is 350 g/mol. The number of methoxy groups -OCH3 is 2. The Morgan fingerprint density at radius 2 is 1.92 bits per heavy atom. The number of hydrogen-bond donors (Lipinski definition) is 0. The van der Waals surface area contributed by atoms with Gasteiger partial charge in [-0.05, 0) is 31.2 Å². The Hall–Kier alpha value is -1.40. The van der Waals surface area contributed by atoms with Crippen molar-refractivity contribution in [1.82, 2.24) is 9.80 Å². The van der Waals surface area contributed by atoms with Crippen LogP contribution in [0.15, 0.2) is 17.0 Å². The number of benzene rings is 1. The molecule has 0 N–H and O–H groups in total. The van der Waals surface area contributed by atoms with E-state index in [1.807, 2.05) is 24.3 Å². The number of ether oxygens (including phenoxy) is 2. The normalized spacial score (nSPS) is 24.2. The summed E-state index contributed by atoms with van der Waals surface area (Å²) in [5, 5.41) is 0. The third-order valence-corrected chi connectivity index (χ3v) is 5.98. The van der Waals surface area contributed by atoms with E-state index in [4.69, 9.17) is 9.47 Å². The van der Waals surface area contributed by atoms with Crippen molar-refractivity contribution < 1.29 is 14.3 Å². The Balaban J connectivity index is 1.84. The summed E-state index contributed by atoms with van der Waals surface area (Å²) in [4.78, 5) is 17.8. The first-order valence-corrected chi connectivity index (χ1v) is 9.57. The topological polar surface area (TPSA) is 42.0 Å². The van der Waals surface area contributed by atoms with Crippen LogP contribution in [0.5, 0.6) is 11.5 Å². The molecule has 3 aliphatic heterocycles. The second kappa shape index (κ2) is 7.23. The lowest BCUT2D eigenvalue weighted by atomic mass is 9.95. The lowest BCUT2D eigenvalue weighted by Gasteiger charge is -2.32. The van der Waals surface area contributed by atoms with Crippen LogP contribution in [0.4, 0.5) is 0 Å². The van der Waals surface area contributed by atoms with Gasteiger partial charge in [-0.2, -0.15) is 0 Å². The second-order valence-electron chi connectivity index (χ2n) is 6.59. The molecule has 132 valence electrons. The molecule has 3 saturated heterocycles. The number of rotatable bonds is 5. The lowest BCUT2D eigenvalue weighted by Crippen LogP contribution is -2.45. The van der Waals surface area contributed by atoms with Crippen LogP contribution in [0.3, 0.4) is 0 Å². The minimum absolute atomic E-state index is 0.132. The fourth-order valence-electron chi connectivity index (χ4n) is 3.83. The quantitative estimate of drug-likeness (QED) is 0.763. The molecule has 0 unspecified atom stereocenters. The summed E-state index contributed by atoms with van der Waals surface area (Å²) in [5.41, 5.74) is 1.11. The SMILES string of the molecule is COc1cc(SC)c(OC)cc1CN1C[C@@H]2CC[C@H](C1)N(C)C2=O. The number of amides is 1. The highest BCUT2D eigenvalue weighted by Crippen LogP contribution is 2.36. The van der Waals surface area contributed by atoms with E-state index in [1.54, 1.807) is 26.0 Å². The van der Waals surface area contributed by atoms with Crippen LogP contribution >= 0.6 is 11.8 Å². The molecule has 6 heteroatoms. The average Bonchev–Trinajstić information content (AvgIpc) is 2.87.